The summed E-state index contributed by atoms with van der Waals surface area (Å²) in [6.45, 7) is 2.49. The van der Waals surface area contributed by atoms with Crippen LogP contribution < -0.4 is 0 Å². The highest BCUT2D eigenvalue weighted by Crippen LogP contribution is 2.32. The van der Waals surface area contributed by atoms with Crippen molar-refractivity contribution in [2.45, 2.75) is 13.5 Å². The molecular weight excluding hydrogens is 362 g/mol. The summed E-state index contributed by atoms with van der Waals surface area (Å²) in [4.78, 5) is 35.2. The van der Waals surface area contributed by atoms with Crippen LogP contribution in [0, 0.1) is 6.92 Å². The molecule has 2 heterocycles. The molecular formula is C24H17N3O2. The molecule has 4 aromatic rings. The summed E-state index contributed by atoms with van der Waals surface area (Å²) < 4.78 is 1.86. The average molecular weight is 379 g/mol. The number of carbonyl (C=O) groups is 2. The van der Waals surface area contributed by atoms with Crippen LogP contribution in [0.15, 0.2) is 73.1 Å². The van der Waals surface area contributed by atoms with Crippen molar-refractivity contribution in [3.05, 3.63) is 107 Å². The highest BCUT2D eigenvalue weighted by atomic mass is 16.1. The zero-order chi connectivity index (χ0) is 20.0. The Labute approximate surface area is 167 Å². The molecule has 1 aliphatic carbocycles. The molecule has 5 nitrogen and oxygen atoms in total. The Morgan fingerprint density at radius 3 is 2.21 bits per heavy atom. The second-order valence-electron chi connectivity index (χ2n) is 7.08. The van der Waals surface area contributed by atoms with Crippen LogP contribution in [0.4, 0.5) is 0 Å². The fourth-order valence-corrected chi connectivity index (χ4v) is 3.81. The van der Waals surface area contributed by atoms with Crippen LogP contribution in [0.2, 0.25) is 0 Å². The van der Waals surface area contributed by atoms with Gasteiger partial charge >= 0.3 is 0 Å². The third-order valence-electron chi connectivity index (χ3n) is 5.34. The van der Waals surface area contributed by atoms with Gasteiger partial charge in [-0.25, -0.2) is 4.98 Å². The minimum absolute atomic E-state index is 0.170. The molecule has 0 aliphatic heterocycles. The quantitative estimate of drug-likeness (QED) is 0.474. The average Bonchev–Trinajstić information content (AvgIpc) is 3.14. The Hall–Kier alpha value is -3.86. The molecule has 0 radical (unpaired) electrons. The molecule has 5 heteroatoms. The summed E-state index contributed by atoms with van der Waals surface area (Å²) >= 11 is 0. The van der Waals surface area contributed by atoms with Crippen LogP contribution in [-0.2, 0) is 6.54 Å². The number of aryl methyl sites for hydroxylation is 1. The van der Waals surface area contributed by atoms with E-state index < -0.39 is 0 Å². The smallest absolute Gasteiger partial charge is 0.214 e. The number of rotatable bonds is 3. The molecule has 0 spiro atoms. The van der Waals surface area contributed by atoms with Crippen LogP contribution in [0.25, 0.3) is 11.4 Å². The fourth-order valence-electron chi connectivity index (χ4n) is 3.81. The largest absolute Gasteiger partial charge is 0.316 e. The Morgan fingerprint density at radius 1 is 0.828 bits per heavy atom. The van der Waals surface area contributed by atoms with Crippen molar-refractivity contribution in [1.82, 2.24) is 14.5 Å². The molecule has 0 bridgehead atoms. The molecule has 2 aromatic carbocycles. The monoisotopic (exact) mass is 379 g/mol. The van der Waals surface area contributed by atoms with Crippen LogP contribution in [-0.4, -0.2) is 26.1 Å². The number of hydrogen-bond acceptors (Lipinski definition) is 4. The Kier molecular flexibility index (Phi) is 3.95. The van der Waals surface area contributed by atoms with E-state index in [1.165, 1.54) is 0 Å². The van der Waals surface area contributed by atoms with Crippen LogP contribution in [0.5, 0.6) is 0 Å². The van der Waals surface area contributed by atoms with E-state index in [1.54, 1.807) is 36.7 Å². The third kappa shape index (κ3) is 2.70. The second-order valence-corrected chi connectivity index (χ2v) is 7.08. The molecule has 0 unspecified atom stereocenters. The van der Waals surface area contributed by atoms with Gasteiger partial charge in [0.05, 0.1) is 6.54 Å². The number of pyridine rings is 1. The minimum Gasteiger partial charge on any atom is -0.316 e. The number of imidazole rings is 1. The number of aromatic nitrogens is 3. The second kappa shape index (κ2) is 6.63. The van der Waals surface area contributed by atoms with E-state index in [4.69, 9.17) is 0 Å². The predicted molar refractivity (Wildman–Crippen MR) is 109 cm³/mol. The third-order valence-corrected chi connectivity index (χ3v) is 5.34. The lowest BCUT2D eigenvalue weighted by molar-refractivity contribution is 0.0971. The van der Waals surface area contributed by atoms with Crippen molar-refractivity contribution < 1.29 is 9.59 Å². The molecule has 140 valence electrons. The van der Waals surface area contributed by atoms with Crippen molar-refractivity contribution >= 4 is 11.6 Å². The minimum atomic E-state index is -0.214. The summed E-state index contributed by atoms with van der Waals surface area (Å²) in [5.41, 5.74) is 4.40. The number of nitrogens with zero attached hydrogens (tertiary/aromatic N) is 3. The molecule has 0 saturated heterocycles. The molecule has 2 aromatic heterocycles. The predicted octanol–water partition coefficient (Wildman–Crippen LogP) is 4.08. The highest BCUT2D eigenvalue weighted by molar-refractivity contribution is 6.27. The van der Waals surface area contributed by atoms with E-state index >= 15 is 0 Å². The summed E-state index contributed by atoms with van der Waals surface area (Å²) in [7, 11) is 0. The lowest BCUT2D eigenvalue weighted by Gasteiger charge is -2.17. The van der Waals surface area contributed by atoms with Crippen molar-refractivity contribution in [2.75, 3.05) is 0 Å². The van der Waals surface area contributed by atoms with E-state index in [1.807, 2.05) is 47.9 Å². The van der Waals surface area contributed by atoms with Gasteiger partial charge in [0.25, 0.3) is 0 Å². The lowest BCUT2D eigenvalue weighted by Crippen LogP contribution is -2.23. The molecule has 5 rings (SSSR count). The molecule has 29 heavy (non-hydrogen) atoms. The van der Waals surface area contributed by atoms with Gasteiger partial charge in [0.15, 0.2) is 0 Å². The van der Waals surface area contributed by atoms with E-state index in [0.717, 1.165) is 16.7 Å². The molecule has 0 fully saturated rings. The zero-order valence-electron chi connectivity index (χ0n) is 15.8. The molecule has 0 amide bonds. The van der Waals surface area contributed by atoms with Gasteiger partial charge in [-0.05, 0) is 30.2 Å². The highest BCUT2D eigenvalue weighted by Gasteiger charge is 2.35. The van der Waals surface area contributed by atoms with E-state index in [-0.39, 0.29) is 17.3 Å². The number of carbonyl (C=O) groups excluding carboxylic acids is 2. The first kappa shape index (κ1) is 17.3. The van der Waals surface area contributed by atoms with Crippen LogP contribution >= 0.6 is 0 Å². The van der Waals surface area contributed by atoms with Gasteiger partial charge in [0.2, 0.25) is 11.6 Å². The van der Waals surface area contributed by atoms with Gasteiger partial charge in [-0.2, -0.15) is 0 Å². The maximum absolute atomic E-state index is 13.4. The normalized spacial score (nSPS) is 12.6. The SMILES string of the molecule is Cc1ccccc1Cn1c(-c2ccncc2)nc2c1C(=O)c1ccccc1C2=O. The van der Waals surface area contributed by atoms with Crippen molar-refractivity contribution in [1.29, 1.82) is 0 Å². The molecule has 0 atom stereocenters. The van der Waals surface area contributed by atoms with Crippen LogP contribution in [0.3, 0.4) is 0 Å². The number of hydrogen-bond donors (Lipinski definition) is 0. The van der Waals surface area contributed by atoms with Crippen molar-refractivity contribution in [2.24, 2.45) is 0 Å². The van der Waals surface area contributed by atoms with Gasteiger partial charge in [-0.15, -0.1) is 0 Å². The standard InChI is InChI=1S/C24H17N3O2/c1-15-6-2-3-7-17(15)14-27-21-20(26-24(27)16-10-12-25-13-11-16)22(28)18-8-4-5-9-19(18)23(21)29/h2-13H,14H2,1H3. The van der Waals surface area contributed by atoms with Crippen molar-refractivity contribution in [3.63, 3.8) is 0 Å². The first-order valence-corrected chi connectivity index (χ1v) is 9.39. The summed E-state index contributed by atoms with van der Waals surface area (Å²) in [5.74, 6) is 0.209. The van der Waals surface area contributed by atoms with E-state index in [9.17, 15) is 9.59 Å². The fraction of sp³-hybridized carbons (Fsp3) is 0.0833. The Balaban J connectivity index is 1.77. The first-order chi connectivity index (χ1) is 14.1. The van der Waals surface area contributed by atoms with Crippen LogP contribution in [0.1, 0.15) is 43.2 Å². The van der Waals surface area contributed by atoms with E-state index in [2.05, 4.69) is 9.97 Å². The first-order valence-electron chi connectivity index (χ1n) is 9.39. The zero-order valence-corrected chi connectivity index (χ0v) is 15.8. The molecule has 0 N–H and O–H groups in total. The Bertz CT molecular complexity index is 1270. The maximum atomic E-state index is 13.4. The van der Waals surface area contributed by atoms with Gasteiger partial charge in [-0.3, -0.25) is 14.6 Å². The van der Waals surface area contributed by atoms with Gasteiger partial charge in [0.1, 0.15) is 17.2 Å². The summed E-state index contributed by atoms with van der Waals surface area (Å²) in [6, 6.07) is 18.6. The summed E-state index contributed by atoms with van der Waals surface area (Å²) in [5, 5.41) is 0. The number of benzene rings is 2. The van der Waals surface area contributed by atoms with Crippen molar-refractivity contribution in [3.8, 4) is 11.4 Å². The van der Waals surface area contributed by atoms with Gasteiger partial charge < -0.3 is 4.57 Å². The van der Waals surface area contributed by atoms with E-state index in [0.29, 0.717) is 29.2 Å². The van der Waals surface area contributed by atoms with Gasteiger partial charge in [-0.1, -0.05) is 48.5 Å². The number of fused-ring (bicyclic) bond motifs is 2. The Morgan fingerprint density at radius 2 is 1.48 bits per heavy atom. The lowest BCUT2D eigenvalue weighted by atomic mass is 9.90. The molecule has 1 aliphatic rings. The summed E-state index contributed by atoms with van der Waals surface area (Å²) in [6.07, 6.45) is 3.36. The molecule has 0 saturated carbocycles. The maximum Gasteiger partial charge on any atom is 0.214 e. The topological polar surface area (TPSA) is 64.8 Å². The number of ketones is 2. The van der Waals surface area contributed by atoms with Gasteiger partial charge in [0, 0.05) is 29.1 Å².